The molecule has 0 fully saturated rings. The fraction of sp³-hybridized carbons (Fsp3) is 0.118. The molecule has 1 heterocycles. The molecule has 2 N–H and O–H groups in total. The summed E-state index contributed by atoms with van der Waals surface area (Å²) in [6.07, 6.45) is 0. The monoisotopic (exact) mass is 421 g/mol. The van der Waals surface area contributed by atoms with Crippen molar-refractivity contribution in [2.45, 2.75) is 9.79 Å². The lowest BCUT2D eigenvalue weighted by Gasteiger charge is -2.21. The summed E-state index contributed by atoms with van der Waals surface area (Å²) in [5.41, 5.74) is 5.75. The fourth-order valence-corrected chi connectivity index (χ4v) is 4.34. The summed E-state index contributed by atoms with van der Waals surface area (Å²) in [5, 5.41) is 0.0174. The van der Waals surface area contributed by atoms with Crippen molar-refractivity contribution >= 4 is 47.4 Å². The third kappa shape index (κ3) is 4.88. The predicted octanol–water partition coefficient (Wildman–Crippen LogP) is 4.35. The van der Waals surface area contributed by atoms with Crippen LogP contribution in [0.4, 0.5) is 11.9 Å². The van der Waals surface area contributed by atoms with Gasteiger partial charge in [-0.25, -0.2) is 3.71 Å². The molecule has 0 radical (unpaired) electrons. The molecule has 140 valence electrons. The maximum absolute atomic E-state index is 5.98. The average molecular weight is 422 g/mol. The number of aromatic nitrogens is 3. The smallest absolute Gasteiger partial charge is 0.252 e. The van der Waals surface area contributed by atoms with Gasteiger partial charge in [-0.2, -0.15) is 15.0 Å². The van der Waals surface area contributed by atoms with Crippen LogP contribution in [0.3, 0.4) is 0 Å². The number of halogens is 1. The molecule has 0 unspecified atom stereocenters. The minimum atomic E-state index is 0.0174. The molecule has 3 rings (SSSR count). The van der Waals surface area contributed by atoms with Gasteiger partial charge in [0.1, 0.15) is 11.5 Å². The van der Waals surface area contributed by atoms with E-state index < -0.39 is 0 Å². The molecule has 7 nitrogen and oxygen atoms in total. The predicted molar refractivity (Wildman–Crippen MR) is 109 cm³/mol. The van der Waals surface area contributed by atoms with Crippen molar-refractivity contribution < 1.29 is 9.47 Å². The Morgan fingerprint density at radius 1 is 0.852 bits per heavy atom. The van der Waals surface area contributed by atoms with E-state index in [0.717, 1.165) is 21.3 Å². The van der Waals surface area contributed by atoms with Crippen LogP contribution in [0.2, 0.25) is 5.28 Å². The summed E-state index contributed by atoms with van der Waals surface area (Å²) in [6, 6.07) is 15.3. The second kappa shape index (κ2) is 9.03. The van der Waals surface area contributed by atoms with Crippen LogP contribution in [0.5, 0.6) is 11.5 Å². The van der Waals surface area contributed by atoms with Crippen LogP contribution in [0.1, 0.15) is 0 Å². The number of ether oxygens (including phenoxy) is 2. The highest BCUT2D eigenvalue weighted by atomic mass is 35.5. The standard InChI is InChI=1S/C17H16ClN5O2S2/c1-24-11-7-3-5-9-13(11)26-23(17-21-15(18)20-16(19)22-17)27-14-10-6-4-8-12(14)25-2/h3-10H,1-2H3,(H2,19,20,21,22). The Morgan fingerprint density at radius 2 is 1.37 bits per heavy atom. The van der Waals surface area contributed by atoms with Crippen LogP contribution >= 0.6 is 35.5 Å². The maximum atomic E-state index is 5.98. The average Bonchev–Trinajstić information content (AvgIpc) is 2.67. The number of para-hydroxylation sites is 2. The first-order valence-electron chi connectivity index (χ1n) is 7.70. The van der Waals surface area contributed by atoms with E-state index in [-0.39, 0.29) is 11.2 Å². The Morgan fingerprint density at radius 3 is 1.85 bits per heavy atom. The fourth-order valence-electron chi connectivity index (χ4n) is 2.10. The number of anilines is 2. The van der Waals surface area contributed by atoms with Gasteiger partial charge in [-0.05, 0) is 35.9 Å². The van der Waals surface area contributed by atoms with Crippen molar-refractivity contribution in [3.63, 3.8) is 0 Å². The number of nitrogens with zero attached hydrogens (tertiary/aromatic N) is 4. The van der Waals surface area contributed by atoms with Crippen LogP contribution < -0.4 is 18.9 Å². The quantitative estimate of drug-likeness (QED) is 0.559. The van der Waals surface area contributed by atoms with Crippen LogP contribution in [0.15, 0.2) is 58.3 Å². The molecule has 0 saturated carbocycles. The molecule has 0 spiro atoms. The Balaban J connectivity index is 2.00. The Labute approximate surface area is 170 Å². The molecule has 27 heavy (non-hydrogen) atoms. The minimum absolute atomic E-state index is 0.0174. The first-order chi connectivity index (χ1) is 13.1. The van der Waals surface area contributed by atoms with Gasteiger partial charge in [0.2, 0.25) is 11.2 Å². The molecule has 0 saturated heterocycles. The molecule has 0 amide bonds. The number of methoxy groups -OCH3 is 2. The molecule has 0 aliphatic rings. The van der Waals surface area contributed by atoms with E-state index in [2.05, 4.69) is 15.0 Å². The van der Waals surface area contributed by atoms with E-state index in [0.29, 0.717) is 5.95 Å². The van der Waals surface area contributed by atoms with Crippen molar-refractivity contribution in [1.29, 1.82) is 0 Å². The molecular weight excluding hydrogens is 406 g/mol. The lowest BCUT2D eigenvalue weighted by atomic mass is 10.3. The molecule has 2 aromatic carbocycles. The number of benzene rings is 2. The van der Waals surface area contributed by atoms with E-state index in [1.54, 1.807) is 17.9 Å². The number of rotatable bonds is 7. The topological polar surface area (TPSA) is 86.4 Å². The van der Waals surface area contributed by atoms with Gasteiger partial charge in [-0.1, -0.05) is 24.3 Å². The van der Waals surface area contributed by atoms with Gasteiger partial charge in [0.15, 0.2) is 0 Å². The van der Waals surface area contributed by atoms with Gasteiger partial charge in [0.05, 0.1) is 24.0 Å². The van der Waals surface area contributed by atoms with Crippen molar-refractivity contribution in [2.75, 3.05) is 23.7 Å². The second-order valence-electron chi connectivity index (χ2n) is 5.00. The van der Waals surface area contributed by atoms with E-state index in [1.165, 1.54) is 23.9 Å². The summed E-state index contributed by atoms with van der Waals surface area (Å²) in [4.78, 5) is 14.0. The zero-order valence-corrected chi connectivity index (χ0v) is 16.9. The highest BCUT2D eigenvalue weighted by Crippen LogP contribution is 2.42. The van der Waals surface area contributed by atoms with Crippen molar-refractivity contribution in [3.05, 3.63) is 53.8 Å². The van der Waals surface area contributed by atoms with Gasteiger partial charge < -0.3 is 15.2 Å². The normalized spacial score (nSPS) is 10.5. The van der Waals surface area contributed by atoms with E-state index in [9.17, 15) is 0 Å². The van der Waals surface area contributed by atoms with Crippen LogP contribution in [-0.2, 0) is 0 Å². The summed E-state index contributed by atoms with van der Waals surface area (Å²) in [6.45, 7) is 0. The summed E-state index contributed by atoms with van der Waals surface area (Å²) >= 11 is 8.73. The molecule has 10 heteroatoms. The van der Waals surface area contributed by atoms with Crippen LogP contribution in [0.25, 0.3) is 0 Å². The van der Waals surface area contributed by atoms with Gasteiger partial charge in [0.25, 0.3) is 5.95 Å². The van der Waals surface area contributed by atoms with Crippen LogP contribution in [-0.4, -0.2) is 29.2 Å². The summed E-state index contributed by atoms with van der Waals surface area (Å²) < 4.78 is 12.7. The maximum Gasteiger partial charge on any atom is 0.252 e. The molecule has 1 aromatic heterocycles. The Bertz CT molecular complexity index is 862. The lowest BCUT2D eigenvalue weighted by Crippen LogP contribution is -2.11. The summed E-state index contributed by atoms with van der Waals surface area (Å²) in [5.74, 6) is 1.79. The Hall–Kier alpha value is -2.36. The van der Waals surface area contributed by atoms with E-state index >= 15 is 0 Å². The molecule has 3 aromatic rings. The van der Waals surface area contributed by atoms with Crippen molar-refractivity contribution in [2.24, 2.45) is 0 Å². The van der Waals surface area contributed by atoms with Crippen LogP contribution in [0, 0.1) is 0 Å². The van der Waals surface area contributed by atoms with Crippen molar-refractivity contribution in [1.82, 2.24) is 15.0 Å². The van der Waals surface area contributed by atoms with Gasteiger partial charge in [-0.15, -0.1) is 0 Å². The van der Waals surface area contributed by atoms with E-state index in [1.807, 2.05) is 48.5 Å². The Kier molecular flexibility index (Phi) is 6.49. The highest BCUT2D eigenvalue weighted by Gasteiger charge is 2.20. The third-order valence-corrected chi connectivity index (χ3v) is 5.62. The van der Waals surface area contributed by atoms with Crippen molar-refractivity contribution in [3.8, 4) is 11.5 Å². The van der Waals surface area contributed by atoms with Gasteiger partial charge in [0, 0.05) is 23.9 Å². The van der Waals surface area contributed by atoms with E-state index in [4.69, 9.17) is 26.8 Å². The molecule has 0 atom stereocenters. The number of hydrogen-bond acceptors (Lipinski definition) is 9. The second-order valence-corrected chi connectivity index (χ2v) is 7.55. The van der Waals surface area contributed by atoms with Gasteiger partial charge in [-0.3, -0.25) is 0 Å². The lowest BCUT2D eigenvalue weighted by molar-refractivity contribution is 0.405. The summed E-state index contributed by atoms with van der Waals surface area (Å²) in [7, 11) is 3.24. The minimum Gasteiger partial charge on any atom is -0.496 e. The zero-order chi connectivity index (χ0) is 19.2. The number of nitrogens with two attached hydrogens (primary N) is 1. The molecule has 0 aliphatic heterocycles. The highest BCUT2D eigenvalue weighted by molar-refractivity contribution is 8.18. The third-order valence-electron chi connectivity index (χ3n) is 3.28. The SMILES string of the molecule is COc1ccccc1SN(Sc1ccccc1OC)c1nc(N)nc(Cl)n1. The van der Waals surface area contributed by atoms with Gasteiger partial charge >= 0.3 is 0 Å². The number of nitrogen functional groups attached to an aromatic ring is 1. The first-order valence-corrected chi connectivity index (χ1v) is 9.62. The first kappa shape index (κ1) is 19.4. The zero-order valence-electron chi connectivity index (χ0n) is 14.5. The largest absolute Gasteiger partial charge is 0.496 e. The molecular formula is C17H16ClN5O2S2. The molecule has 0 aliphatic carbocycles. The molecule has 0 bridgehead atoms. The number of hydrogen-bond donors (Lipinski definition) is 1.